The molecule has 1 aliphatic carbocycles. The van der Waals surface area contributed by atoms with Gasteiger partial charge in [-0.1, -0.05) is 0 Å². The van der Waals surface area contributed by atoms with Gasteiger partial charge in [-0.05, 0) is 37.8 Å². The van der Waals surface area contributed by atoms with Crippen LogP contribution in [-0.4, -0.2) is 29.3 Å². The Hall–Kier alpha value is -2.31. The van der Waals surface area contributed by atoms with Crippen molar-refractivity contribution in [2.45, 2.75) is 37.8 Å². The van der Waals surface area contributed by atoms with Gasteiger partial charge in [-0.25, -0.2) is 9.18 Å². The number of amides is 2. The van der Waals surface area contributed by atoms with E-state index in [1.54, 1.807) is 0 Å². The Morgan fingerprint density at radius 2 is 1.95 bits per heavy atom. The first kappa shape index (κ1) is 15.1. The highest BCUT2D eigenvalue weighted by Gasteiger charge is 2.23. The second-order valence-electron chi connectivity index (χ2n) is 5.05. The van der Waals surface area contributed by atoms with E-state index in [1.165, 1.54) is 12.1 Å². The van der Waals surface area contributed by atoms with Gasteiger partial charge < -0.3 is 20.9 Å². The van der Waals surface area contributed by atoms with Crippen LogP contribution in [-0.2, 0) is 0 Å². The minimum Gasteiger partial charge on any atom is -0.490 e. The third kappa shape index (κ3) is 4.08. The van der Waals surface area contributed by atoms with E-state index in [-0.39, 0.29) is 17.7 Å². The predicted octanol–water partition coefficient (Wildman–Crippen LogP) is 1.88. The number of carboxylic acid groups (broad SMARTS) is 1. The largest absolute Gasteiger partial charge is 0.490 e. The van der Waals surface area contributed by atoms with Crippen LogP contribution in [0.5, 0.6) is 5.75 Å². The molecule has 1 aliphatic rings. The van der Waals surface area contributed by atoms with Crippen LogP contribution in [0.3, 0.4) is 0 Å². The lowest BCUT2D eigenvalue weighted by atomic mass is 9.93. The topological polar surface area (TPSA) is 102 Å². The molecule has 0 radical (unpaired) electrons. The molecule has 0 bridgehead atoms. The Balaban J connectivity index is 1.90. The summed E-state index contributed by atoms with van der Waals surface area (Å²) in [4.78, 5) is 21.5. The van der Waals surface area contributed by atoms with E-state index in [0.717, 1.165) is 6.07 Å². The number of nitrogens with one attached hydrogen (secondary N) is 1. The van der Waals surface area contributed by atoms with Gasteiger partial charge in [-0.2, -0.15) is 0 Å². The van der Waals surface area contributed by atoms with E-state index < -0.39 is 17.8 Å². The van der Waals surface area contributed by atoms with Crippen LogP contribution in [0.1, 0.15) is 36.0 Å². The molecular weight excluding hydrogens is 279 g/mol. The van der Waals surface area contributed by atoms with Crippen LogP contribution in [0.15, 0.2) is 18.2 Å². The van der Waals surface area contributed by atoms with Crippen LogP contribution in [0.4, 0.5) is 9.18 Å². The lowest BCUT2D eigenvalue weighted by molar-refractivity contribution is 0.0996. The van der Waals surface area contributed by atoms with Gasteiger partial charge in [0, 0.05) is 12.1 Å². The molecule has 6 nitrogen and oxygen atoms in total. The van der Waals surface area contributed by atoms with Crippen LogP contribution < -0.4 is 15.8 Å². The molecule has 2 rings (SSSR count). The minimum absolute atomic E-state index is 0.0590. The van der Waals surface area contributed by atoms with Crippen LogP contribution in [0, 0.1) is 5.82 Å². The van der Waals surface area contributed by atoms with Crippen molar-refractivity contribution in [1.82, 2.24) is 5.32 Å². The highest BCUT2D eigenvalue weighted by Crippen LogP contribution is 2.25. The monoisotopic (exact) mass is 296 g/mol. The van der Waals surface area contributed by atoms with Crippen LogP contribution in [0.25, 0.3) is 0 Å². The first-order valence-electron chi connectivity index (χ1n) is 6.71. The van der Waals surface area contributed by atoms with Crippen molar-refractivity contribution in [2.75, 3.05) is 0 Å². The molecular formula is C14H17FN2O4. The van der Waals surface area contributed by atoms with E-state index >= 15 is 0 Å². The molecule has 0 aliphatic heterocycles. The molecule has 0 heterocycles. The van der Waals surface area contributed by atoms with Gasteiger partial charge in [-0.15, -0.1) is 0 Å². The molecule has 2 amide bonds. The maximum atomic E-state index is 13.6. The Bertz CT molecular complexity index is 542. The Kier molecular flexibility index (Phi) is 4.62. The number of hydrogen-bond donors (Lipinski definition) is 3. The van der Waals surface area contributed by atoms with Crippen molar-refractivity contribution < 1.29 is 23.8 Å². The summed E-state index contributed by atoms with van der Waals surface area (Å²) in [6, 6.07) is 3.88. The van der Waals surface area contributed by atoms with Crippen molar-refractivity contribution in [3.05, 3.63) is 29.6 Å². The average Bonchev–Trinajstić information content (AvgIpc) is 2.40. The van der Waals surface area contributed by atoms with Gasteiger partial charge in [0.2, 0.25) is 0 Å². The normalized spacial score (nSPS) is 21.6. The van der Waals surface area contributed by atoms with Gasteiger partial charge in [-0.3, -0.25) is 4.79 Å². The number of ether oxygens (including phenoxy) is 1. The lowest BCUT2D eigenvalue weighted by Crippen LogP contribution is -2.38. The Morgan fingerprint density at radius 1 is 1.29 bits per heavy atom. The summed E-state index contributed by atoms with van der Waals surface area (Å²) in [5.74, 6) is -1.19. The van der Waals surface area contributed by atoms with Gasteiger partial charge in [0.25, 0.3) is 5.91 Å². The highest BCUT2D eigenvalue weighted by atomic mass is 19.1. The SMILES string of the molecule is NC(=O)c1ccc(O[C@H]2CC[C@H](NC(=O)O)CC2)cc1F. The molecule has 1 fully saturated rings. The van der Waals surface area contributed by atoms with Crippen molar-refractivity contribution in [2.24, 2.45) is 5.73 Å². The standard InChI is InChI=1S/C14H17FN2O4/c15-12-7-10(5-6-11(12)13(16)18)21-9-3-1-8(2-4-9)17-14(19)20/h5-9,17H,1-4H2,(H2,16,18)(H,19,20)/t8-,9-. The summed E-state index contributed by atoms with van der Waals surface area (Å²) in [6.07, 6.45) is 1.62. The molecule has 1 aromatic carbocycles. The molecule has 21 heavy (non-hydrogen) atoms. The maximum absolute atomic E-state index is 13.6. The van der Waals surface area contributed by atoms with Gasteiger partial charge >= 0.3 is 6.09 Å². The number of carbonyl (C=O) groups is 2. The summed E-state index contributed by atoms with van der Waals surface area (Å²) in [5.41, 5.74) is 4.86. The summed E-state index contributed by atoms with van der Waals surface area (Å²) >= 11 is 0. The first-order chi connectivity index (χ1) is 9.95. The number of benzene rings is 1. The van der Waals surface area contributed by atoms with E-state index in [1.807, 2.05) is 0 Å². The summed E-state index contributed by atoms with van der Waals surface area (Å²) in [6.45, 7) is 0. The number of nitrogens with two attached hydrogens (primary N) is 1. The highest BCUT2D eigenvalue weighted by molar-refractivity contribution is 5.93. The number of rotatable bonds is 4. The van der Waals surface area contributed by atoms with Crippen molar-refractivity contribution in [3.8, 4) is 5.75 Å². The zero-order chi connectivity index (χ0) is 15.4. The van der Waals surface area contributed by atoms with E-state index in [9.17, 15) is 14.0 Å². The summed E-state index contributed by atoms with van der Waals surface area (Å²) in [5, 5.41) is 11.1. The molecule has 114 valence electrons. The molecule has 0 saturated heterocycles. The fraction of sp³-hybridized carbons (Fsp3) is 0.429. The first-order valence-corrected chi connectivity index (χ1v) is 6.71. The molecule has 1 aromatic rings. The summed E-state index contributed by atoms with van der Waals surface area (Å²) in [7, 11) is 0. The predicted molar refractivity (Wildman–Crippen MR) is 72.8 cm³/mol. The third-order valence-electron chi connectivity index (χ3n) is 3.51. The number of primary amides is 1. The Morgan fingerprint density at radius 3 is 2.48 bits per heavy atom. The number of hydrogen-bond acceptors (Lipinski definition) is 3. The van der Waals surface area contributed by atoms with E-state index in [2.05, 4.69) is 5.32 Å². The zero-order valence-electron chi connectivity index (χ0n) is 11.3. The Labute approximate surface area is 121 Å². The molecule has 1 saturated carbocycles. The molecule has 0 atom stereocenters. The lowest BCUT2D eigenvalue weighted by Gasteiger charge is -2.28. The maximum Gasteiger partial charge on any atom is 0.404 e. The van der Waals surface area contributed by atoms with Crippen molar-refractivity contribution in [3.63, 3.8) is 0 Å². The van der Waals surface area contributed by atoms with E-state index in [4.69, 9.17) is 15.6 Å². The second kappa shape index (κ2) is 6.43. The van der Waals surface area contributed by atoms with Gasteiger partial charge in [0.05, 0.1) is 11.7 Å². The molecule has 0 unspecified atom stereocenters. The fourth-order valence-corrected chi connectivity index (χ4v) is 2.46. The molecule has 0 aromatic heterocycles. The van der Waals surface area contributed by atoms with Crippen molar-refractivity contribution in [1.29, 1.82) is 0 Å². The molecule has 4 N–H and O–H groups in total. The summed E-state index contributed by atoms with van der Waals surface area (Å²) < 4.78 is 19.3. The number of halogens is 1. The fourth-order valence-electron chi connectivity index (χ4n) is 2.46. The third-order valence-corrected chi connectivity index (χ3v) is 3.51. The minimum atomic E-state index is -1.02. The van der Waals surface area contributed by atoms with Crippen LogP contribution >= 0.6 is 0 Å². The second-order valence-corrected chi connectivity index (χ2v) is 5.05. The zero-order valence-corrected chi connectivity index (χ0v) is 11.3. The average molecular weight is 296 g/mol. The van der Waals surface area contributed by atoms with Crippen LogP contribution in [0.2, 0.25) is 0 Å². The van der Waals surface area contributed by atoms with Gasteiger partial charge in [0.1, 0.15) is 11.6 Å². The molecule has 0 spiro atoms. The number of carbonyl (C=O) groups excluding carboxylic acids is 1. The van der Waals surface area contributed by atoms with Gasteiger partial charge in [0.15, 0.2) is 0 Å². The quantitative estimate of drug-likeness (QED) is 0.789. The molecule has 7 heteroatoms. The van der Waals surface area contributed by atoms with Crippen molar-refractivity contribution >= 4 is 12.0 Å². The smallest absolute Gasteiger partial charge is 0.404 e. The van der Waals surface area contributed by atoms with E-state index in [0.29, 0.717) is 31.4 Å².